The predicted molar refractivity (Wildman–Crippen MR) is 105 cm³/mol. The summed E-state index contributed by atoms with van der Waals surface area (Å²) >= 11 is 0. The molecular formula is C22H23NO6. The zero-order valence-corrected chi connectivity index (χ0v) is 16.5. The standard InChI is InChI=1S/C22H23NO6/c1-3-28-20(24)14-15-9-10-18(19(13-15)27-2)29-12-6-11-23-21(25)16-7-4-5-8-17(16)22(23)26/h4-5,7-10,13H,3,6,11-12,14H2,1-2H3. The van der Waals surface area contributed by atoms with Crippen LogP contribution in [-0.2, 0) is 16.0 Å². The van der Waals surface area contributed by atoms with E-state index < -0.39 is 0 Å². The molecule has 1 aliphatic rings. The molecular weight excluding hydrogens is 374 g/mol. The minimum atomic E-state index is -0.302. The number of hydrogen-bond acceptors (Lipinski definition) is 6. The third-order valence-corrected chi connectivity index (χ3v) is 4.54. The normalized spacial score (nSPS) is 12.7. The second-order valence-corrected chi connectivity index (χ2v) is 6.48. The molecule has 0 aliphatic carbocycles. The fourth-order valence-corrected chi connectivity index (χ4v) is 3.17. The van der Waals surface area contributed by atoms with Gasteiger partial charge in [0.05, 0.1) is 37.9 Å². The number of amides is 2. The summed E-state index contributed by atoms with van der Waals surface area (Å²) < 4.78 is 16.0. The molecule has 0 radical (unpaired) electrons. The molecule has 0 saturated heterocycles. The Hall–Kier alpha value is -3.35. The second kappa shape index (κ2) is 9.23. The predicted octanol–water partition coefficient (Wildman–Crippen LogP) is 2.87. The fourth-order valence-electron chi connectivity index (χ4n) is 3.17. The number of benzene rings is 2. The number of esters is 1. The van der Waals surface area contributed by atoms with Crippen molar-refractivity contribution in [1.82, 2.24) is 4.90 Å². The number of ether oxygens (including phenoxy) is 3. The number of hydrogen-bond donors (Lipinski definition) is 0. The van der Waals surface area contributed by atoms with Crippen molar-refractivity contribution in [2.75, 3.05) is 26.9 Å². The Bertz CT molecular complexity index is 888. The van der Waals surface area contributed by atoms with Crippen LogP contribution in [0.2, 0.25) is 0 Å². The van der Waals surface area contributed by atoms with Gasteiger partial charge in [-0.1, -0.05) is 18.2 Å². The smallest absolute Gasteiger partial charge is 0.310 e. The van der Waals surface area contributed by atoms with E-state index in [1.54, 1.807) is 49.4 Å². The molecule has 0 saturated carbocycles. The molecule has 2 aromatic rings. The molecule has 0 spiro atoms. The maximum atomic E-state index is 12.4. The van der Waals surface area contributed by atoms with Gasteiger partial charge in [-0.25, -0.2) is 0 Å². The molecule has 1 heterocycles. The molecule has 0 aromatic heterocycles. The Morgan fingerprint density at radius 2 is 1.69 bits per heavy atom. The van der Waals surface area contributed by atoms with Gasteiger partial charge in [-0.2, -0.15) is 0 Å². The van der Waals surface area contributed by atoms with E-state index in [2.05, 4.69) is 0 Å². The minimum Gasteiger partial charge on any atom is -0.493 e. The van der Waals surface area contributed by atoms with Gasteiger partial charge in [0, 0.05) is 6.54 Å². The largest absolute Gasteiger partial charge is 0.493 e. The van der Waals surface area contributed by atoms with Crippen LogP contribution < -0.4 is 9.47 Å². The molecule has 29 heavy (non-hydrogen) atoms. The molecule has 0 atom stereocenters. The summed E-state index contributed by atoms with van der Waals surface area (Å²) in [6.45, 7) is 2.68. The van der Waals surface area contributed by atoms with Crippen LogP contribution in [0.4, 0.5) is 0 Å². The third-order valence-electron chi connectivity index (χ3n) is 4.54. The fraction of sp³-hybridized carbons (Fsp3) is 0.318. The van der Waals surface area contributed by atoms with Gasteiger partial charge in [-0.3, -0.25) is 19.3 Å². The molecule has 7 heteroatoms. The Morgan fingerprint density at radius 3 is 2.31 bits per heavy atom. The van der Waals surface area contributed by atoms with Crippen LogP contribution in [0.5, 0.6) is 11.5 Å². The number of carbonyl (C=O) groups is 3. The number of nitrogens with zero attached hydrogens (tertiary/aromatic N) is 1. The lowest BCUT2D eigenvalue weighted by Gasteiger charge is -2.15. The van der Waals surface area contributed by atoms with Crippen LogP contribution in [0, 0.1) is 0 Å². The Kier molecular flexibility index (Phi) is 6.49. The maximum Gasteiger partial charge on any atom is 0.310 e. The van der Waals surface area contributed by atoms with E-state index in [1.165, 1.54) is 12.0 Å². The first kappa shape index (κ1) is 20.4. The van der Waals surface area contributed by atoms with Crippen molar-refractivity contribution >= 4 is 17.8 Å². The highest BCUT2D eigenvalue weighted by atomic mass is 16.5. The zero-order chi connectivity index (χ0) is 20.8. The Balaban J connectivity index is 1.54. The average molecular weight is 397 g/mol. The summed E-state index contributed by atoms with van der Waals surface area (Å²) in [6.07, 6.45) is 0.642. The number of imide groups is 1. The molecule has 152 valence electrons. The number of rotatable bonds is 9. The van der Waals surface area contributed by atoms with Crippen LogP contribution in [0.25, 0.3) is 0 Å². The molecule has 3 rings (SSSR count). The van der Waals surface area contributed by atoms with Gasteiger partial charge in [-0.05, 0) is 43.2 Å². The first-order valence-electron chi connectivity index (χ1n) is 9.45. The highest BCUT2D eigenvalue weighted by Crippen LogP contribution is 2.29. The zero-order valence-electron chi connectivity index (χ0n) is 16.5. The molecule has 0 unspecified atom stereocenters. The molecule has 0 bridgehead atoms. The first-order chi connectivity index (χ1) is 14.0. The van der Waals surface area contributed by atoms with Crippen molar-refractivity contribution in [3.63, 3.8) is 0 Å². The van der Waals surface area contributed by atoms with Crippen LogP contribution in [-0.4, -0.2) is 49.6 Å². The first-order valence-corrected chi connectivity index (χ1v) is 9.45. The van der Waals surface area contributed by atoms with Crippen molar-refractivity contribution in [3.05, 3.63) is 59.2 Å². The third kappa shape index (κ3) is 4.56. The summed E-state index contributed by atoms with van der Waals surface area (Å²) in [6, 6.07) is 12.1. The summed E-state index contributed by atoms with van der Waals surface area (Å²) in [5.41, 5.74) is 1.65. The molecule has 0 fully saturated rings. The van der Waals surface area contributed by atoms with Gasteiger partial charge in [0.25, 0.3) is 11.8 Å². The molecule has 2 aromatic carbocycles. The van der Waals surface area contributed by atoms with Crippen molar-refractivity contribution in [2.45, 2.75) is 19.8 Å². The average Bonchev–Trinajstić information content (AvgIpc) is 2.97. The van der Waals surface area contributed by atoms with Gasteiger partial charge in [0.2, 0.25) is 0 Å². The summed E-state index contributed by atoms with van der Waals surface area (Å²) in [7, 11) is 1.52. The lowest BCUT2D eigenvalue weighted by molar-refractivity contribution is -0.142. The Morgan fingerprint density at radius 1 is 1.00 bits per heavy atom. The quantitative estimate of drug-likeness (QED) is 0.368. The minimum absolute atomic E-state index is 0.157. The lowest BCUT2D eigenvalue weighted by atomic mass is 10.1. The van der Waals surface area contributed by atoms with Crippen LogP contribution in [0.15, 0.2) is 42.5 Å². The number of carbonyl (C=O) groups excluding carboxylic acids is 3. The van der Waals surface area contributed by atoms with E-state index in [-0.39, 0.29) is 30.7 Å². The molecule has 0 N–H and O–H groups in total. The van der Waals surface area contributed by atoms with E-state index in [0.717, 1.165) is 5.56 Å². The van der Waals surface area contributed by atoms with Crippen molar-refractivity contribution < 1.29 is 28.6 Å². The van der Waals surface area contributed by atoms with E-state index in [9.17, 15) is 14.4 Å². The van der Waals surface area contributed by atoms with Crippen LogP contribution in [0.3, 0.4) is 0 Å². The second-order valence-electron chi connectivity index (χ2n) is 6.48. The Labute approximate surface area is 169 Å². The van der Waals surface area contributed by atoms with Crippen LogP contribution in [0.1, 0.15) is 39.6 Å². The maximum absolute atomic E-state index is 12.4. The van der Waals surface area contributed by atoms with Gasteiger partial charge in [0.1, 0.15) is 0 Å². The van der Waals surface area contributed by atoms with E-state index in [0.29, 0.717) is 42.3 Å². The summed E-state index contributed by atoms with van der Waals surface area (Å²) in [4.78, 5) is 37.6. The lowest BCUT2D eigenvalue weighted by Crippen LogP contribution is -2.31. The van der Waals surface area contributed by atoms with E-state index in [4.69, 9.17) is 14.2 Å². The summed E-state index contributed by atoms with van der Waals surface area (Å²) in [5, 5.41) is 0. The van der Waals surface area contributed by atoms with Gasteiger partial charge >= 0.3 is 5.97 Å². The number of methoxy groups -OCH3 is 1. The molecule has 1 aliphatic heterocycles. The SMILES string of the molecule is CCOC(=O)Cc1ccc(OCCCN2C(=O)c3ccccc3C2=O)c(OC)c1. The molecule has 2 amide bonds. The van der Waals surface area contributed by atoms with E-state index >= 15 is 0 Å². The monoisotopic (exact) mass is 397 g/mol. The van der Waals surface area contributed by atoms with Gasteiger partial charge < -0.3 is 14.2 Å². The van der Waals surface area contributed by atoms with Crippen LogP contribution >= 0.6 is 0 Å². The van der Waals surface area contributed by atoms with Gasteiger partial charge in [-0.15, -0.1) is 0 Å². The highest BCUT2D eigenvalue weighted by Gasteiger charge is 2.34. The van der Waals surface area contributed by atoms with Crippen molar-refractivity contribution in [3.8, 4) is 11.5 Å². The van der Waals surface area contributed by atoms with Crippen molar-refractivity contribution in [1.29, 1.82) is 0 Å². The van der Waals surface area contributed by atoms with Gasteiger partial charge in [0.15, 0.2) is 11.5 Å². The summed E-state index contributed by atoms with van der Waals surface area (Å²) in [5.74, 6) is 0.192. The van der Waals surface area contributed by atoms with Crippen molar-refractivity contribution in [2.24, 2.45) is 0 Å². The highest BCUT2D eigenvalue weighted by molar-refractivity contribution is 6.21. The number of fused-ring (bicyclic) bond motifs is 1. The molecule has 7 nitrogen and oxygen atoms in total. The topological polar surface area (TPSA) is 82.1 Å². The van der Waals surface area contributed by atoms with E-state index in [1.807, 2.05) is 0 Å².